The topological polar surface area (TPSA) is 95.6 Å². The molecule has 0 aliphatic carbocycles. The Labute approximate surface area is 138 Å². The summed E-state index contributed by atoms with van der Waals surface area (Å²) in [6, 6.07) is 20.2. The van der Waals surface area contributed by atoms with Crippen LogP contribution in [-0.4, -0.2) is 20.7 Å². The van der Waals surface area contributed by atoms with Gasteiger partial charge in [-0.1, -0.05) is 36.4 Å². The summed E-state index contributed by atoms with van der Waals surface area (Å²) in [4.78, 5) is 12.7. The van der Waals surface area contributed by atoms with Crippen LogP contribution in [0.2, 0.25) is 0 Å². The molecular formula is C17H14N6O. The summed E-state index contributed by atoms with van der Waals surface area (Å²) in [5.74, 6) is 0.199. The number of para-hydroxylation sites is 1. The molecule has 0 aliphatic heterocycles. The Kier molecular flexibility index (Phi) is 4.49. The van der Waals surface area contributed by atoms with Crippen LogP contribution in [0.1, 0.15) is 16.2 Å². The highest BCUT2D eigenvalue weighted by Crippen LogP contribution is 2.14. The number of carbonyl (C=O) groups is 1. The Morgan fingerprint density at radius 2 is 1.67 bits per heavy atom. The van der Waals surface area contributed by atoms with Crippen LogP contribution in [0.4, 0.5) is 11.6 Å². The average Bonchev–Trinajstić information content (AvgIpc) is 3.04. The molecule has 0 amide bonds. The summed E-state index contributed by atoms with van der Waals surface area (Å²) in [5, 5.41) is 16.8. The number of hydrogen-bond donors (Lipinski definition) is 2. The third-order valence-corrected chi connectivity index (χ3v) is 3.28. The number of nitrogens with one attached hydrogen (secondary N) is 2. The first-order valence-corrected chi connectivity index (χ1v) is 7.27. The first-order valence-electron chi connectivity index (χ1n) is 7.27. The maximum atomic E-state index is 12.7. The molecule has 0 spiro atoms. The van der Waals surface area contributed by atoms with Crippen molar-refractivity contribution in [3.05, 3.63) is 72.1 Å². The predicted molar refractivity (Wildman–Crippen MR) is 89.2 cm³/mol. The molecule has 0 bridgehead atoms. The lowest BCUT2D eigenvalue weighted by Crippen LogP contribution is -2.21. The van der Waals surface area contributed by atoms with Crippen molar-refractivity contribution in [3.8, 4) is 6.07 Å². The van der Waals surface area contributed by atoms with E-state index in [9.17, 15) is 4.79 Å². The Morgan fingerprint density at radius 1 is 1.00 bits per heavy atom. The minimum absolute atomic E-state index is 0.0153. The highest BCUT2D eigenvalue weighted by atomic mass is 16.2. The van der Waals surface area contributed by atoms with Gasteiger partial charge in [-0.05, 0) is 24.3 Å². The number of hydrogen-bond acceptors (Lipinski definition) is 6. The lowest BCUT2D eigenvalue weighted by molar-refractivity contribution is 0.0959. The standard InChI is InChI=1S/C17H14N6O/c18-12-11-15-20-22-17(21-19-14-9-5-2-6-10-14)23(15)16(24)13-7-3-1-4-8-13/h1-10,19H,11H2,(H,21,22). The molecular weight excluding hydrogens is 304 g/mol. The number of anilines is 2. The van der Waals surface area contributed by atoms with Crippen LogP contribution in [0.15, 0.2) is 60.7 Å². The van der Waals surface area contributed by atoms with E-state index >= 15 is 0 Å². The van der Waals surface area contributed by atoms with Crippen molar-refractivity contribution in [1.82, 2.24) is 14.8 Å². The maximum absolute atomic E-state index is 12.7. The predicted octanol–water partition coefficient (Wildman–Crippen LogP) is 2.47. The van der Waals surface area contributed by atoms with Crippen LogP contribution in [0.3, 0.4) is 0 Å². The molecule has 7 nitrogen and oxygen atoms in total. The average molecular weight is 318 g/mol. The Hall–Kier alpha value is -3.66. The van der Waals surface area contributed by atoms with Crippen LogP contribution >= 0.6 is 0 Å². The third-order valence-electron chi connectivity index (χ3n) is 3.28. The van der Waals surface area contributed by atoms with Gasteiger partial charge in [-0.25, -0.2) is 4.57 Å². The number of hydrazine groups is 1. The van der Waals surface area contributed by atoms with Gasteiger partial charge in [-0.2, -0.15) is 5.26 Å². The van der Waals surface area contributed by atoms with Crippen molar-refractivity contribution in [1.29, 1.82) is 5.26 Å². The smallest absolute Gasteiger partial charge is 0.266 e. The van der Waals surface area contributed by atoms with Crippen LogP contribution in [0.25, 0.3) is 0 Å². The van der Waals surface area contributed by atoms with Crippen molar-refractivity contribution in [2.45, 2.75) is 6.42 Å². The molecule has 7 heteroatoms. The summed E-state index contributed by atoms with van der Waals surface area (Å²) in [6.45, 7) is 0. The second-order valence-electron chi connectivity index (χ2n) is 4.90. The Balaban J connectivity index is 1.90. The van der Waals surface area contributed by atoms with Gasteiger partial charge in [-0.15, -0.1) is 10.2 Å². The molecule has 118 valence electrons. The van der Waals surface area contributed by atoms with Crippen LogP contribution in [-0.2, 0) is 6.42 Å². The SMILES string of the molecule is N#CCc1nnc(NNc2ccccc2)n1C(=O)c1ccccc1. The van der Waals surface area contributed by atoms with Gasteiger partial charge in [0.2, 0.25) is 0 Å². The zero-order chi connectivity index (χ0) is 16.8. The first-order chi connectivity index (χ1) is 11.8. The van der Waals surface area contributed by atoms with Gasteiger partial charge < -0.3 is 0 Å². The molecule has 0 radical (unpaired) electrons. The van der Waals surface area contributed by atoms with E-state index in [2.05, 4.69) is 21.0 Å². The minimum Gasteiger partial charge on any atom is -0.298 e. The molecule has 3 rings (SSSR count). The van der Waals surface area contributed by atoms with E-state index in [4.69, 9.17) is 5.26 Å². The van der Waals surface area contributed by atoms with E-state index in [1.807, 2.05) is 42.5 Å². The third kappa shape index (κ3) is 3.23. The number of nitriles is 1. The number of rotatable bonds is 5. The van der Waals surface area contributed by atoms with Gasteiger partial charge >= 0.3 is 0 Å². The normalized spacial score (nSPS) is 9.96. The number of benzene rings is 2. The van der Waals surface area contributed by atoms with Gasteiger partial charge in [0.05, 0.1) is 18.2 Å². The van der Waals surface area contributed by atoms with E-state index < -0.39 is 0 Å². The molecule has 3 aromatic rings. The summed E-state index contributed by atoms with van der Waals surface area (Å²) >= 11 is 0. The lowest BCUT2D eigenvalue weighted by atomic mass is 10.2. The Morgan fingerprint density at radius 3 is 2.33 bits per heavy atom. The zero-order valence-electron chi connectivity index (χ0n) is 12.7. The van der Waals surface area contributed by atoms with Crippen molar-refractivity contribution in [2.75, 3.05) is 10.9 Å². The van der Waals surface area contributed by atoms with Gasteiger partial charge in [0.1, 0.15) is 0 Å². The van der Waals surface area contributed by atoms with Gasteiger partial charge in [0, 0.05) is 5.56 Å². The monoisotopic (exact) mass is 318 g/mol. The molecule has 24 heavy (non-hydrogen) atoms. The molecule has 1 aromatic heterocycles. The zero-order valence-corrected chi connectivity index (χ0v) is 12.7. The second-order valence-corrected chi connectivity index (χ2v) is 4.90. The molecule has 0 atom stereocenters. The number of aromatic nitrogens is 3. The summed E-state index contributed by atoms with van der Waals surface area (Å²) < 4.78 is 1.30. The van der Waals surface area contributed by atoms with Crippen LogP contribution in [0.5, 0.6) is 0 Å². The van der Waals surface area contributed by atoms with E-state index in [1.165, 1.54) is 4.57 Å². The Bertz CT molecular complexity index is 867. The van der Waals surface area contributed by atoms with Crippen molar-refractivity contribution in [2.24, 2.45) is 0 Å². The second kappa shape index (κ2) is 7.07. The molecule has 2 N–H and O–H groups in total. The molecule has 0 unspecified atom stereocenters. The first kappa shape index (κ1) is 15.2. The van der Waals surface area contributed by atoms with E-state index in [0.29, 0.717) is 5.56 Å². The fourth-order valence-electron chi connectivity index (χ4n) is 2.16. The largest absolute Gasteiger partial charge is 0.298 e. The molecule has 0 fully saturated rings. The summed E-state index contributed by atoms with van der Waals surface area (Å²) in [5.41, 5.74) is 7.11. The van der Waals surface area contributed by atoms with E-state index in [1.54, 1.807) is 24.3 Å². The van der Waals surface area contributed by atoms with Crippen molar-refractivity contribution >= 4 is 17.5 Å². The van der Waals surface area contributed by atoms with Crippen LogP contribution in [0, 0.1) is 11.3 Å². The fourth-order valence-corrected chi connectivity index (χ4v) is 2.16. The van der Waals surface area contributed by atoms with E-state index in [-0.39, 0.29) is 24.1 Å². The molecule has 0 saturated heterocycles. The van der Waals surface area contributed by atoms with Crippen molar-refractivity contribution in [3.63, 3.8) is 0 Å². The van der Waals surface area contributed by atoms with Crippen molar-refractivity contribution < 1.29 is 4.79 Å². The molecule has 2 aromatic carbocycles. The summed E-state index contributed by atoms with van der Waals surface area (Å²) in [6.07, 6.45) is -0.0153. The number of nitrogens with zero attached hydrogens (tertiary/aromatic N) is 4. The molecule has 1 heterocycles. The van der Waals surface area contributed by atoms with Gasteiger partial charge in [-0.3, -0.25) is 15.6 Å². The lowest BCUT2D eigenvalue weighted by Gasteiger charge is -2.11. The minimum atomic E-state index is -0.303. The quantitative estimate of drug-likeness (QED) is 0.702. The van der Waals surface area contributed by atoms with Gasteiger partial charge in [0.15, 0.2) is 5.82 Å². The fraction of sp³-hybridized carbons (Fsp3) is 0.0588. The van der Waals surface area contributed by atoms with Crippen LogP contribution < -0.4 is 10.9 Å². The summed E-state index contributed by atoms with van der Waals surface area (Å²) in [7, 11) is 0. The number of carbonyl (C=O) groups excluding carboxylic acids is 1. The molecule has 0 aliphatic rings. The van der Waals surface area contributed by atoms with Gasteiger partial charge in [0.25, 0.3) is 11.9 Å². The molecule has 0 saturated carbocycles. The maximum Gasteiger partial charge on any atom is 0.266 e. The highest BCUT2D eigenvalue weighted by molar-refractivity contribution is 5.97. The highest BCUT2D eigenvalue weighted by Gasteiger charge is 2.19. The van der Waals surface area contributed by atoms with E-state index in [0.717, 1.165) is 5.69 Å².